The van der Waals surface area contributed by atoms with Gasteiger partial charge in [0.2, 0.25) is 0 Å². The van der Waals surface area contributed by atoms with E-state index < -0.39 is 6.03 Å². The molecule has 1 aromatic heterocycles. The lowest BCUT2D eigenvalue weighted by Gasteiger charge is -2.32. The monoisotopic (exact) mass is 427 g/mol. The molecule has 0 aliphatic carbocycles. The van der Waals surface area contributed by atoms with Crippen molar-refractivity contribution in [1.82, 2.24) is 25.1 Å². The van der Waals surface area contributed by atoms with Crippen LogP contribution in [0.4, 0.5) is 16.3 Å². The second-order valence-corrected chi connectivity index (χ2v) is 7.34. The molecule has 10 heteroatoms. The van der Waals surface area contributed by atoms with Gasteiger partial charge in [0.1, 0.15) is 5.75 Å². The van der Waals surface area contributed by atoms with E-state index in [9.17, 15) is 9.59 Å². The number of likely N-dealkylation sites (N-methyl/N-ethyl adjacent to an activating group) is 1. The molecule has 3 rings (SSSR count). The Morgan fingerprint density at radius 1 is 1.13 bits per heavy atom. The summed E-state index contributed by atoms with van der Waals surface area (Å²) in [6, 6.07) is 4.39. The zero-order valence-electron chi connectivity index (χ0n) is 17.9. The maximum atomic E-state index is 12.5. The highest BCUT2D eigenvalue weighted by Gasteiger charge is 2.15. The van der Waals surface area contributed by atoms with Gasteiger partial charge in [0.15, 0.2) is 5.82 Å². The minimum absolute atomic E-state index is 0.196. The number of piperazine rings is 1. The second-order valence-electron chi connectivity index (χ2n) is 7.34. The summed E-state index contributed by atoms with van der Waals surface area (Å²) in [7, 11) is 3.63. The molecule has 2 aromatic rings. The van der Waals surface area contributed by atoms with Crippen LogP contribution in [0, 0.1) is 0 Å². The fourth-order valence-corrected chi connectivity index (χ4v) is 3.26. The van der Waals surface area contributed by atoms with Gasteiger partial charge >= 0.3 is 6.03 Å². The van der Waals surface area contributed by atoms with E-state index in [0.29, 0.717) is 29.4 Å². The lowest BCUT2D eigenvalue weighted by atomic mass is 10.1. The Kier molecular flexibility index (Phi) is 8.13. The van der Waals surface area contributed by atoms with Gasteiger partial charge in [0.05, 0.1) is 19.0 Å². The Balaban J connectivity index is 1.51. The zero-order valence-corrected chi connectivity index (χ0v) is 17.9. The number of hydrogen-bond acceptors (Lipinski definition) is 7. The number of carbonyl (C=O) groups excluding carboxylic acids is 2. The molecule has 1 aliphatic rings. The molecular weight excluding hydrogens is 398 g/mol. The van der Waals surface area contributed by atoms with Crippen LogP contribution in [0.15, 0.2) is 36.8 Å². The number of aromatic nitrogens is 2. The summed E-state index contributed by atoms with van der Waals surface area (Å²) in [4.78, 5) is 37.4. The highest BCUT2D eigenvalue weighted by Crippen LogP contribution is 2.25. The van der Waals surface area contributed by atoms with Crippen molar-refractivity contribution in [2.75, 3.05) is 64.1 Å². The number of methoxy groups -OCH3 is 1. The van der Waals surface area contributed by atoms with Gasteiger partial charge in [-0.15, -0.1) is 0 Å². The Morgan fingerprint density at radius 2 is 1.94 bits per heavy atom. The van der Waals surface area contributed by atoms with E-state index >= 15 is 0 Å². The third-order valence-electron chi connectivity index (χ3n) is 5.05. The number of ether oxygens (including phenoxy) is 1. The summed E-state index contributed by atoms with van der Waals surface area (Å²) in [5.74, 6) is 0.563. The number of rotatable bonds is 8. The van der Waals surface area contributed by atoms with E-state index in [1.165, 1.54) is 25.7 Å². The minimum atomic E-state index is -0.511. The van der Waals surface area contributed by atoms with Crippen LogP contribution in [0.25, 0.3) is 0 Å². The molecule has 0 bridgehead atoms. The normalized spacial score (nSPS) is 14.6. The topological polar surface area (TPSA) is 112 Å². The molecule has 1 fully saturated rings. The predicted molar refractivity (Wildman–Crippen MR) is 119 cm³/mol. The van der Waals surface area contributed by atoms with Gasteiger partial charge in [-0.3, -0.25) is 15.1 Å². The van der Waals surface area contributed by atoms with Gasteiger partial charge in [-0.05, 0) is 38.2 Å². The smallest absolute Gasteiger partial charge is 0.324 e. The molecule has 1 aromatic carbocycles. The van der Waals surface area contributed by atoms with Crippen LogP contribution in [0.1, 0.15) is 16.8 Å². The summed E-state index contributed by atoms with van der Waals surface area (Å²) >= 11 is 0. The lowest BCUT2D eigenvalue weighted by molar-refractivity contribution is 0.0949. The molecule has 0 radical (unpaired) electrons. The SMILES string of the molecule is COc1ccc(C(=O)NCCCN2CCN(C)CC2)cc1NC(=O)Nc1cnccn1. The first-order chi connectivity index (χ1) is 15.0. The van der Waals surface area contributed by atoms with Gasteiger partial charge in [0.25, 0.3) is 5.91 Å². The van der Waals surface area contributed by atoms with Gasteiger partial charge in [-0.2, -0.15) is 0 Å². The van der Waals surface area contributed by atoms with Crippen LogP contribution in [0.2, 0.25) is 0 Å². The minimum Gasteiger partial charge on any atom is -0.495 e. The average Bonchev–Trinajstić information content (AvgIpc) is 2.78. The van der Waals surface area contributed by atoms with Crippen molar-refractivity contribution in [3.8, 4) is 5.75 Å². The summed E-state index contributed by atoms with van der Waals surface area (Å²) in [5, 5.41) is 8.21. The van der Waals surface area contributed by atoms with Crippen LogP contribution in [-0.4, -0.2) is 85.1 Å². The molecule has 166 valence electrons. The van der Waals surface area contributed by atoms with E-state index in [0.717, 1.165) is 39.1 Å². The van der Waals surface area contributed by atoms with Crippen molar-refractivity contribution in [1.29, 1.82) is 0 Å². The Labute approximate surface area is 182 Å². The third-order valence-corrected chi connectivity index (χ3v) is 5.05. The lowest BCUT2D eigenvalue weighted by Crippen LogP contribution is -2.45. The van der Waals surface area contributed by atoms with Crippen molar-refractivity contribution in [2.24, 2.45) is 0 Å². The van der Waals surface area contributed by atoms with Gasteiger partial charge < -0.3 is 25.2 Å². The molecule has 1 saturated heterocycles. The molecule has 0 saturated carbocycles. The molecule has 0 atom stereocenters. The van der Waals surface area contributed by atoms with Crippen molar-refractivity contribution >= 4 is 23.4 Å². The van der Waals surface area contributed by atoms with E-state index in [1.54, 1.807) is 18.2 Å². The molecule has 0 unspecified atom stereocenters. The first-order valence-electron chi connectivity index (χ1n) is 10.3. The number of nitrogens with one attached hydrogen (secondary N) is 3. The number of benzene rings is 1. The highest BCUT2D eigenvalue weighted by molar-refractivity contribution is 6.02. The number of carbonyl (C=O) groups is 2. The fourth-order valence-electron chi connectivity index (χ4n) is 3.26. The Bertz CT molecular complexity index is 871. The molecule has 10 nitrogen and oxygen atoms in total. The van der Waals surface area contributed by atoms with Gasteiger partial charge in [-0.1, -0.05) is 0 Å². The summed E-state index contributed by atoms with van der Waals surface area (Å²) in [6.07, 6.45) is 5.31. The van der Waals surface area contributed by atoms with E-state index in [-0.39, 0.29) is 5.91 Å². The molecule has 3 amide bonds. The predicted octanol–water partition coefficient (Wildman–Crippen LogP) is 1.50. The molecule has 31 heavy (non-hydrogen) atoms. The summed E-state index contributed by atoms with van der Waals surface area (Å²) in [5.41, 5.74) is 0.823. The first-order valence-corrected chi connectivity index (χ1v) is 10.3. The number of amides is 3. The maximum absolute atomic E-state index is 12.5. The van der Waals surface area contributed by atoms with E-state index in [2.05, 4.69) is 42.8 Å². The highest BCUT2D eigenvalue weighted by atomic mass is 16.5. The van der Waals surface area contributed by atoms with E-state index in [4.69, 9.17) is 4.74 Å². The Hall–Kier alpha value is -3.24. The largest absolute Gasteiger partial charge is 0.495 e. The molecular formula is C21H29N7O3. The van der Waals surface area contributed by atoms with Gasteiger partial charge in [0, 0.05) is 50.7 Å². The van der Waals surface area contributed by atoms with Crippen LogP contribution >= 0.6 is 0 Å². The third kappa shape index (κ3) is 6.90. The van der Waals surface area contributed by atoms with Crippen molar-refractivity contribution in [3.05, 3.63) is 42.4 Å². The molecule has 1 aliphatic heterocycles. The number of urea groups is 1. The van der Waals surface area contributed by atoms with Crippen molar-refractivity contribution in [2.45, 2.75) is 6.42 Å². The van der Waals surface area contributed by atoms with Crippen LogP contribution in [0.5, 0.6) is 5.75 Å². The first kappa shape index (κ1) is 22.4. The standard InChI is InChI=1S/C21H29N7O3/c1-27-10-12-28(13-11-27)9-3-6-24-20(29)16-4-5-18(31-2)17(14-16)25-21(30)26-19-15-22-7-8-23-19/h4-5,7-8,14-15H,3,6,9-13H2,1-2H3,(H,24,29)(H2,23,25,26,30). The number of anilines is 2. The molecule has 2 heterocycles. The fraction of sp³-hybridized carbons (Fsp3) is 0.429. The summed E-state index contributed by atoms with van der Waals surface area (Å²) in [6.45, 7) is 5.85. The number of hydrogen-bond donors (Lipinski definition) is 3. The van der Waals surface area contributed by atoms with Gasteiger partial charge in [-0.25, -0.2) is 9.78 Å². The average molecular weight is 428 g/mol. The van der Waals surface area contributed by atoms with Crippen LogP contribution in [-0.2, 0) is 0 Å². The summed E-state index contributed by atoms with van der Waals surface area (Å²) < 4.78 is 5.29. The Morgan fingerprint density at radius 3 is 2.65 bits per heavy atom. The maximum Gasteiger partial charge on any atom is 0.324 e. The molecule has 0 spiro atoms. The van der Waals surface area contributed by atoms with Crippen molar-refractivity contribution in [3.63, 3.8) is 0 Å². The van der Waals surface area contributed by atoms with Crippen molar-refractivity contribution < 1.29 is 14.3 Å². The van der Waals surface area contributed by atoms with Crippen LogP contribution < -0.4 is 20.7 Å². The zero-order chi connectivity index (χ0) is 22.1. The quantitative estimate of drug-likeness (QED) is 0.547. The van der Waals surface area contributed by atoms with Crippen LogP contribution in [0.3, 0.4) is 0 Å². The van der Waals surface area contributed by atoms with E-state index in [1.807, 2.05) is 0 Å². The molecule has 3 N–H and O–H groups in total. The second kappa shape index (κ2) is 11.2. The number of nitrogens with zero attached hydrogens (tertiary/aromatic N) is 4.